The number of nitrogens with zero attached hydrogens (tertiary/aromatic N) is 7. The number of benzene rings is 1. The average molecular weight is 531 g/mol. The van der Waals surface area contributed by atoms with E-state index in [0.29, 0.717) is 36.2 Å². The van der Waals surface area contributed by atoms with Crippen LogP contribution in [0.3, 0.4) is 0 Å². The van der Waals surface area contributed by atoms with Gasteiger partial charge in [0.05, 0.1) is 35.6 Å². The van der Waals surface area contributed by atoms with Gasteiger partial charge in [0.25, 0.3) is 5.91 Å². The smallest absolute Gasteiger partial charge is 0.271 e. The van der Waals surface area contributed by atoms with Crippen molar-refractivity contribution in [2.24, 2.45) is 14.1 Å². The Labute approximate surface area is 224 Å². The van der Waals surface area contributed by atoms with Gasteiger partial charge in [-0.15, -0.1) is 0 Å². The summed E-state index contributed by atoms with van der Waals surface area (Å²) in [5, 5.41) is 13.3. The van der Waals surface area contributed by atoms with Gasteiger partial charge in [-0.3, -0.25) is 14.2 Å². The maximum absolute atomic E-state index is 13.8. The van der Waals surface area contributed by atoms with Crippen LogP contribution in [0.5, 0.6) is 0 Å². The van der Waals surface area contributed by atoms with E-state index >= 15 is 0 Å². The summed E-state index contributed by atoms with van der Waals surface area (Å²) in [7, 11) is 5.43. The predicted molar refractivity (Wildman–Crippen MR) is 145 cm³/mol. The molecule has 1 aliphatic rings. The Balaban J connectivity index is 1.32. The summed E-state index contributed by atoms with van der Waals surface area (Å²) in [6.45, 7) is 1.52. The van der Waals surface area contributed by atoms with Crippen molar-refractivity contribution in [2.75, 3.05) is 19.0 Å². The molecule has 0 radical (unpaired) electrons. The number of ether oxygens (including phenoxy) is 1. The van der Waals surface area contributed by atoms with Crippen molar-refractivity contribution in [2.45, 2.75) is 19.1 Å². The second-order valence-corrected chi connectivity index (χ2v) is 9.89. The molecule has 1 aromatic carbocycles. The van der Waals surface area contributed by atoms with Crippen molar-refractivity contribution >= 4 is 40.0 Å². The third kappa shape index (κ3) is 4.31. The highest BCUT2D eigenvalue weighted by Crippen LogP contribution is 2.34. The Bertz CT molecular complexity index is 1650. The van der Waals surface area contributed by atoms with Crippen LogP contribution in [0.1, 0.15) is 16.1 Å². The van der Waals surface area contributed by atoms with Crippen molar-refractivity contribution < 1.29 is 9.53 Å². The molecule has 4 aromatic heterocycles. The lowest BCUT2D eigenvalue weighted by molar-refractivity contribution is 0.0388. The minimum Gasteiger partial charge on any atom is -0.382 e. The van der Waals surface area contributed by atoms with E-state index in [2.05, 4.69) is 26.6 Å². The molecule has 0 aliphatic carbocycles. The van der Waals surface area contributed by atoms with Crippen molar-refractivity contribution in [1.29, 1.82) is 0 Å². The molecule has 0 saturated carbocycles. The molecule has 5 aromatic rings. The number of carbonyl (C=O) groups is 1. The van der Waals surface area contributed by atoms with Crippen LogP contribution < -0.4 is 5.32 Å². The number of rotatable bonds is 7. The second kappa shape index (κ2) is 9.62. The number of carbonyl (C=O) groups excluding carboxylic acids is 1. The number of hydrogen-bond acceptors (Lipinski definition) is 6. The molecule has 11 heteroatoms. The summed E-state index contributed by atoms with van der Waals surface area (Å²) in [6, 6.07) is 11.7. The summed E-state index contributed by atoms with van der Waals surface area (Å²) >= 11 is 6.57. The van der Waals surface area contributed by atoms with Gasteiger partial charge < -0.3 is 19.5 Å². The molecule has 0 spiro atoms. The van der Waals surface area contributed by atoms with Crippen LogP contribution >= 0.6 is 11.6 Å². The number of aryl methyl sites for hydroxylation is 2. The number of halogens is 1. The van der Waals surface area contributed by atoms with Gasteiger partial charge in [-0.05, 0) is 23.8 Å². The summed E-state index contributed by atoms with van der Waals surface area (Å²) in [4.78, 5) is 20.1. The lowest BCUT2D eigenvalue weighted by atomic mass is 10.1. The Morgan fingerprint density at radius 1 is 1.11 bits per heavy atom. The Morgan fingerprint density at radius 2 is 1.97 bits per heavy atom. The molecule has 0 fully saturated rings. The fourth-order valence-corrected chi connectivity index (χ4v) is 5.22. The zero-order chi connectivity index (χ0) is 26.4. The number of amides is 1. The Hall–Kier alpha value is -4.15. The minimum atomic E-state index is -0.113. The lowest BCUT2D eigenvalue weighted by Gasteiger charge is -2.36. The number of hydrogen-bond donors (Lipinski definition) is 1. The van der Waals surface area contributed by atoms with Crippen molar-refractivity contribution in [3.63, 3.8) is 0 Å². The molecule has 38 heavy (non-hydrogen) atoms. The van der Waals surface area contributed by atoms with Crippen molar-refractivity contribution in [3.05, 3.63) is 77.5 Å². The van der Waals surface area contributed by atoms with Crippen LogP contribution in [0, 0.1) is 0 Å². The fourth-order valence-electron chi connectivity index (χ4n) is 5.00. The van der Waals surface area contributed by atoms with E-state index in [9.17, 15) is 4.79 Å². The van der Waals surface area contributed by atoms with E-state index in [-0.39, 0.29) is 11.9 Å². The highest BCUT2D eigenvalue weighted by Gasteiger charge is 2.33. The first-order valence-electron chi connectivity index (χ1n) is 12.2. The topological polar surface area (TPSA) is 95.0 Å². The van der Waals surface area contributed by atoms with E-state index < -0.39 is 0 Å². The van der Waals surface area contributed by atoms with Crippen LogP contribution in [0.15, 0.2) is 61.2 Å². The van der Waals surface area contributed by atoms with Gasteiger partial charge in [0.2, 0.25) is 0 Å². The molecule has 1 aliphatic heterocycles. The molecule has 1 atom stereocenters. The normalized spacial score (nSPS) is 15.3. The average Bonchev–Trinajstić information content (AvgIpc) is 3.62. The van der Waals surface area contributed by atoms with Crippen LogP contribution in [0.2, 0.25) is 5.02 Å². The second-order valence-electron chi connectivity index (χ2n) is 9.48. The third-order valence-electron chi connectivity index (χ3n) is 6.99. The van der Waals surface area contributed by atoms with Gasteiger partial charge in [0, 0.05) is 69.3 Å². The molecule has 1 N–H and O–H groups in total. The number of fused-ring (bicyclic) bond motifs is 2. The molecule has 1 amide bonds. The molecular formula is C27H27ClN8O2. The quantitative estimate of drug-likeness (QED) is 0.338. The molecule has 0 saturated heterocycles. The van der Waals surface area contributed by atoms with E-state index in [1.807, 2.05) is 71.0 Å². The highest BCUT2D eigenvalue weighted by molar-refractivity contribution is 6.33. The van der Waals surface area contributed by atoms with Gasteiger partial charge in [-0.2, -0.15) is 10.2 Å². The van der Waals surface area contributed by atoms with Crippen molar-refractivity contribution in [1.82, 2.24) is 34.0 Å². The molecular weight excluding hydrogens is 504 g/mol. The molecule has 194 valence electrons. The first-order chi connectivity index (χ1) is 18.4. The number of aromatic nitrogens is 6. The SMILES string of the molecule is COC[C@H]1Cn2cc(-c3cc(Nc4ccnn4C)ncc3Cl)cc2C(=O)N1Cc1ccc2cnn(C)c2c1. The van der Waals surface area contributed by atoms with Crippen LogP contribution in [-0.2, 0) is 31.9 Å². The van der Waals surface area contributed by atoms with Crippen molar-refractivity contribution in [3.8, 4) is 11.1 Å². The lowest BCUT2D eigenvalue weighted by Crippen LogP contribution is -2.49. The van der Waals surface area contributed by atoms with E-state index in [4.69, 9.17) is 16.3 Å². The summed E-state index contributed by atoms with van der Waals surface area (Å²) in [6.07, 6.45) is 7.14. The Kier molecular flexibility index (Phi) is 6.13. The number of nitrogens with one attached hydrogen (secondary N) is 1. The van der Waals surface area contributed by atoms with Gasteiger partial charge in [-0.1, -0.05) is 23.7 Å². The summed E-state index contributed by atoms with van der Waals surface area (Å²) in [5.41, 5.74) is 4.33. The molecule has 0 bridgehead atoms. The Morgan fingerprint density at radius 3 is 2.76 bits per heavy atom. The zero-order valence-electron chi connectivity index (χ0n) is 21.3. The largest absolute Gasteiger partial charge is 0.382 e. The molecule has 5 heterocycles. The fraction of sp³-hybridized carbons (Fsp3) is 0.259. The first kappa shape index (κ1) is 24.2. The maximum atomic E-state index is 13.8. The van der Waals surface area contributed by atoms with Gasteiger partial charge in [-0.25, -0.2) is 4.98 Å². The first-order valence-corrected chi connectivity index (χ1v) is 12.6. The van der Waals surface area contributed by atoms with Crippen LogP contribution in [0.4, 0.5) is 11.6 Å². The van der Waals surface area contributed by atoms with Gasteiger partial charge >= 0.3 is 0 Å². The van der Waals surface area contributed by atoms with E-state index in [1.165, 1.54) is 0 Å². The van der Waals surface area contributed by atoms with Crippen LogP contribution in [0.25, 0.3) is 22.0 Å². The molecule has 0 unspecified atom stereocenters. The standard InChI is InChI=1S/C27H27ClN8O2/c1-33-23-8-17(4-5-18(23)11-31-33)13-36-20(16-38-3)15-35-14-19(9-24(35)27(36)37)21-10-25(29-12-22(21)28)32-26-6-7-30-34(26)2/h4-12,14,20H,13,15-16H2,1-3H3,(H,29,32)/t20-/m1/s1. The number of anilines is 2. The summed E-state index contributed by atoms with van der Waals surface area (Å²) in [5.74, 6) is 1.39. The van der Waals surface area contributed by atoms with Crippen LogP contribution in [-0.4, -0.2) is 59.7 Å². The zero-order valence-corrected chi connectivity index (χ0v) is 22.1. The van der Waals surface area contributed by atoms with E-state index in [0.717, 1.165) is 33.4 Å². The minimum absolute atomic E-state index is 0.0481. The maximum Gasteiger partial charge on any atom is 0.271 e. The third-order valence-corrected chi connectivity index (χ3v) is 7.29. The molecule has 6 rings (SSSR count). The van der Waals surface area contributed by atoms with Gasteiger partial charge in [0.15, 0.2) is 0 Å². The van der Waals surface area contributed by atoms with Gasteiger partial charge in [0.1, 0.15) is 17.3 Å². The number of methoxy groups -OCH3 is 1. The number of pyridine rings is 1. The monoisotopic (exact) mass is 530 g/mol. The predicted octanol–water partition coefficient (Wildman–Crippen LogP) is 4.24. The van der Waals surface area contributed by atoms with E-state index in [1.54, 1.807) is 24.2 Å². The molecule has 10 nitrogen and oxygen atoms in total. The highest BCUT2D eigenvalue weighted by atomic mass is 35.5. The summed E-state index contributed by atoms with van der Waals surface area (Å²) < 4.78 is 11.1.